The van der Waals surface area contributed by atoms with Crippen LogP contribution in [-0.2, 0) is 4.74 Å². The molecule has 4 N–H and O–H groups in total. The Balaban J connectivity index is 1.86. The van der Waals surface area contributed by atoms with Crippen molar-refractivity contribution < 1.29 is 20.1 Å². The number of aromatic nitrogens is 2. The van der Waals surface area contributed by atoms with Crippen LogP contribution in [0.2, 0.25) is 0 Å². The van der Waals surface area contributed by atoms with Gasteiger partial charge >= 0.3 is 5.69 Å². The van der Waals surface area contributed by atoms with Gasteiger partial charge in [-0.25, -0.2) is 4.79 Å². The van der Waals surface area contributed by atoms with Crippen molar-refractivity contribution >= 4 is 12.2 Å². The number of aromatic amines is 1. The topological polar surface area (TPSA) is 108 Å². The quantitative estimate of drug-likeness (QED) is 0.463. The highest BCUT2D eigenvalue weighted by atomic mass is 32.1. The molecule has 8 heteroatoms. The molecule has 2 heterocycles. The summed E-state index contributed by atoms with van der Waals surface area (Å²) in [4.78, 5) is 15.3. The van der Waals surface area contributed by atoms with Gasteiger partial charge in [-0.15, -0.1) is 0 Å². The predicted octanol–water partition coefficient (Wildman–Crippen LogP) is 1.70. The first-order valence-electron chi connectivity index (χ1n) is 9.59. The third kappa shape index (κ3) is 3.76. The van der Waals surface area contributed by atoms with Gasteiger partial charge in [0.25, 0.3) is 0 Å². The van der Waals surface area contributed by atoms with Crippen molar-refractivity contribution in [2.24, 2.45) is 0 Å². The summed E-state index contributed by atoms with van der Waals surface area (Å²) in [5.74, 6) is -0.264. The first-order chi connectivity index (χ1) is 14.5. The van der Waals surface area contributed by atoms with Gasteiger partial charge in [-0.1, -0.05) is 72.9 Å². The van der Waals surface area contributed by atoms with Gasteiger partial charge in [0.2, 0.25) is 0 Å². The molecule has 4 atom stereocenters. The van der Waals surface area contributed by atoms with Crippen LogP contribution >= 0.6 is 12.2 Å². The molecular weight excluding hydrogens is 404 g/mol. The Hall–Kier alpha value is -2.62. The van der Waals surface area contributed by atoms with Crippen LogP contribution in [0, 0.1) is 4.64 Å². The van der Waals surface area contributed by atoms with Crippen LogP contribution < -0.4 is 5.69 Å². The van der Waals surface area contributed by atoms with E-state index in [4.69, 9.17) is 17.0 Å². The van der Waals surface area contributed by atoms with Crippen molar-refractivity contribution in [3.8, 4) is 0 Å². The fourth-order valence-electron chi connectivity index (χ4n) is 3.85. The molecule has 1 saturated heterocycles. The molecule has 0 bridgehead atoms. The number of hydrogen-bond donors (Lipinski definition) is 4. The monoisotopic (exact) mass is 426 g/mol. The second-order valence-electron chi connectivity index (χ2n) is 7.23. The minimum absolute atomic E-state index is 0.264. The van der Waals surface area contributed by atoms with Gasteiger partial charge in [0.15, 0.2) is 6.23 Å². The fourth-order valence-corrected chi connectivity index (χ4v) is 4.11. The first-order valence-corrected chi connectivity index (χ1v) is 9.99. The van der Waals surface area contributed by atoms with E-state index in [9.17, 15) is 20.1 Å². The molecule has 0 radical (unpaired) electrons. The summed E-state index contributed by atoms with van der Waals surface area (Å²) in [6, 6.07) is 19.5. The zero-order chi connectivity index (χ0) is 21.3. The van der Waals surface area contributed by atoms with E-state index in [1.807, 2.05) is 60.7 Å². The maximum Gasteiger partial charge on any atom is 0.328 e. The average molecular weight is 426 g/mol. The van der Waals surface area contributed by atoms with Crippen LogP contribution in [0.15, 0.2) is 71.7 Å². The molecule has 156 valence electrons. The van der Waals surface area contributed by atoms with Gasteiger partial charge in [0.1, 0.15) is 23.0 Å². The maximum absolute atomic E-state index is 12.6. The van der Waals surface area contributed by atoms with E-state index in [0.717, 1.165) is 11.1 Å². The van der Waals surface area contributed by atoms with Crippen molar-refractivity contribution in [3.05, 3.63) is 98.7 Å². The second kappa shape index (κ2) is 8.63. The lowest BCUT2D eigenvalue weighted by Gasteiger charge is -2.22. The number of H-pyrrole nitrogens is 1. The summed E-state index contributed by atoms with van der Waals surface area (Å²) in [6.45, 7) is -0.476. The fraction of sp³-hybridized carbons (Fsp3) is 0.273. The molecule has 7 nitrogen and oxygen atoms in total. The summed E-state index contributed by atoms with van der Waals surface area (Å²) >= 11 is 5.49. The number of benzene rings is 2. The molecule has 2 aromatic carbocycles. The molecular formula is C22H22N2O5S. The molecule has 0 aliphatic carbocycles. The van der Waals surface area contributed by atoms with Crippen LogP contribution in [0.3, 0.4) is 0 Å². The minimum Gasteiger partial charge on any atom is -0.394 e. The van der Waals surface area contributed by atoms with Crippen LogP contribution in [0.5, 0.6) is 0 Å². The first kappa shape index (κ1) is 20.6. The van der Waals surface area contributed by atoms with E-state index in [0.29, 0.717) is 5.56 Å². The predicted molar refractivity (Wildman–Crippen MR) is 113 cm³/mol. The van der Waals surface area contributed by atoms with E-state index >= 15 is 0 Å². The Morgan fingerprint density at radius 2 is 1.57 bits per heavy atom. The molecule has 0 amide bonds. The number of hydrogen-bond acceptors (Lipinski definition) is 6. The Bertz CT molecular complexity index is 1080. The number of aliphatic hydroxyl groups excluding tert-OH is 3. The van der Waals surface area contributed by atoms with Gasteiger partial charge in [-0.2, -0.15) is 0 Å². The largest absolute Gasteiger partial charge is 0.394 e. The molecule has 1 fully saturated rings. The van der Waals surface area contributed by atoms with Gasteiger partial charge in [-0.05, 0) is 11.1 Å². The van der Waals surface area contributed by atoms with E-state index in [-0.39, 0.29) is 10.6 Å². The number of nitrogens with zero attached hydrogens (tertiary/aromatic N) is 1. The van der Waals surface area contributed by atoms with Crippen LogP contribution in [-0.4, -0.2) is 49.8 Å². The SMILES string of the molecule is O=c1[nH]c(=S)c(C(c2ccccc2)c2ccccc2)cn1[C@H]1O[C@@H](CO)C(O)C1O. The lowest BCUT2D eigenvalue weighted by Crippen LogP contribution is -2.36. The molecule has 0 spiro atoms. The minimum atomic E-state index is -1.37. The highest BCUT2D eigenvalue weighted by Crippen LogP contribution is 2.33. The lowest BCUT2D eigenvalue weighted by molar-refractivity contribution is -0.0551. The zero-order valence-electron chi connectivity index (χ0n) is 16.0. The molecule has 1 aliphatic heterocycles. The molecule has 0 saturated carbocycles. The average Bonchev–Trinajstić information content (AvgIpc) is 3.05. The van der Waals surface area contributed by atoms with Crippen molar-refractivity contribution in [1.82, 2.24) is 9.55 Å². The second-order valence-corrected chi connectivity index (χ2v) is 7.64. The Morgan fingerprint density at radius 1 is 1.00 bits per heavy atom. The molecule has 2 unspecified atom stereocenters. The Kier molecular flexibility index (Phi) is 5.94. The summed E-state index contributed by atoms with van der Waals surface area (Å²) in [5, 5.41) is 29.8. The number of ether oxygens (including phenoxy) is 1. The Morgan fingerprint density at radius 3 is 2.07 bits per heavy atom. The zero-order valence-corrected chi connectivity index (χ0v) is 16.8. The maximum atomic E-state index is 12.6. The van der Waals surface area contributed by atoms with Gasteiger partial charge in [0.05, 0.1) is 6.61 Å². The normalized spacial score (nSPS) is 23.7. The van der Waals surface area contributed by atoms with Crippen molar-refractivity contribution in [2.45, 2.75) is 30.5 Å². The highest BCUT2D eigenvalue weighted by molar-refractivity contribution is 7.71. The van der Waals surface area contributed by atoms with Crippen LogP contribution in [0.25, 0.3) is 0 Å². The summed E-state index contributed by atoms with van der Waals surface area (Å²) in [5.41, 5.74) is 2.04. The third-order valence-corrected chi connectivity index (χ3v) is 5.70. The van der Waals surface area contributed by atoms with Crippen molar-refractivity contribution in [3.63, 3.8) is 0 Å². The molecule has 3 aromatic rings. The summed E-state index contributed by atoms with van der Waals surface area (Å²) in [7, 11) is 0. The van der Waals surface area contributed by atoms with Gasteiger partial charge in [0, 0.05) is 17.7 Å². The van der Waals surface area contributed by atoms with E-state index in [1.165, 1.54) is 4.57 Å². The smallest absolute Gasteiger partial charge is 0.328 e. The molecule has 30 heavy (non-hydrogen) atoms. The molecule has 1 aromatic heterocycles. The number of nitrogens with one attached hydrogen (secondary N) is 1. The van der Waals surface area contributed by atoms with E-state index < -0.39 is 36.8 Å². The number of aliphatic hydroxyl groups is 3. The molecule has 1 aliphatic rings. The van der Waals surface area contributed by atoms with Gasteiger partial charge in [-0.3, -0.25) is 9.55 Å². The third-order valence-electron chi connectivity index (χ3n) is 5.36. The Labute approximate surface area is 177 Å². The number of rotatable bonds is 5. The van der Waals surface area contributed by atoms with Crippen molar-refractivity contribution in [2.75, 3.05) is 6.61 Å². The standard InChI is InChI=1S/C22H22N2O5S/c25-12-16-18(26)19(27)21(29-16)24-11-15(20(30)23-22(24)28)17(13-7-3-1-4-8-13)14-9-5-2-6-10-14/h1-11,16-19,21,25-27H,12H2,(H,23,28,30)/t16-,18?,19?,21-/m0/s1. The van der Waals surface area contributed by atoms with E-state index in [1.54, 1.807) is 6.20 Å². The van der Waals surface area contributed by atoms with Crippen LogP contribution in [0.4, 0.5) is 0 Å². The van der Waals surface area contributed by atoms with E-state index in [2.05, 4.69) is 4.98 Å². The van der Waals surface area contributed by atoms with Crippen LogP contribution in [0.1, 0.15) is 28.8 Å². The lowest BCUT2D eigenvalue weighted by atomic mass is 9.86. The van der Waals surface area contributed by atoms with Crippen molar-refractivity contribution in [1.29, 1.82) is 0 Å². The summed E-state index contributed by atoms with van der Waals surface area (Å²) < 4.78 is 7.01. The summed E-state index contributed by atoms with van der Waals surface area (Å²) in [6.07, 6.45) is -3.25. The van der Waals surface area contributed by atoms with Gasteiger partial charge < -0.3 is 20.1 Å². The molecule has 4 rings (SSSR count). The highest BCUT2D eigenvalue weighted by Gasteiger charge is 2.44.